The fourth-order valence-corrected chi connectivity index (χ4v) is 1.07. The Morgan fingerprint density at radius 1 is 1.33 bits per heavy atom. The second kappa shape index (κ2) is 4.97. The minimum atomic E-state index is -0.788. The lowest BCUT2D eigenvalue weighted by molar-refractivity contribution is 0.587. The van der Waals surface area contributed by atoms with Gasteiger partial charge in [0.05, 0.1) is 11.6 Å². The van der Waals surface area contributed by atoms with Gasteiger partial charge >= 0.3 is 0 Å². The quantitative estimate of drug-likeness (QED) is 0.608. The monoisotopic (exact) mass is 206 g/mol. The van der Waals surface area contributed by atoms with Gasteiger partial charge in [-0.1, -0.05) is 0 Å². The molecule has 0 aliphatic heterocycles. The summed E-state index contributed by atoms with van der Waals surface area (Å²) in [4.78, 5) is 0. The molecule has 0 unspecified atom stereocenters. The highest BCUT2D eigenvalue weighted by atomic mass is 19.1. The van der Waals surface area contributed by atoms with Crippen LogP contribution in [-0.2, 0) is 0 Å². The number of nitrogens with zero attached hydrogens (tertiary/aromatic N) is 1. The van der Waals surface area contributed by atoms with Crippen molar-refractivity contribution in [1.29, 1.82) is 5.26 Å². The van der Waals surface area contributed by atoms with Crippen LogP contribution < -0.4 is 5.32 Å². The van der Waals surface area contributed by atoms with Gasteiger partial charge in [0.15, 0.2) is 11.6 Å². The summed E-state index contributed by atoms with van der Waals surface area (Å²) < 4.78 is 26.4. The summed E-state index contributed by atoms with van der Waals surface area (Å²) >= 11 is 0. The van der Waals surface area contributed by atoms with Crippen molar-refractivity contribution < 1.29 is 8.78 Å². The fourth-order valence-electron chi connectivity index (χ4n) is 1.07. The molecule has 1 aromatic carbocycles. The first-order valence-electron chi connectivity index (χ1n) is 4.25. The smallest absolute Gasteiger partial charge is 0.150 e. The number of rotatable bonds is 3. The number of nitrogens with one attached hydrogen (secondary N) is 1. The van der Waals surface area contributed by atoms with Crippen molar-refractivity contribution in [1.82, 2.24) is 0 Å². The largest absolute Gasteiger partial charge is 0.379 e. The van der Waals surface area contributed by atoms with Crippen LogP contribution >= 0.6 is 0 Å². The molecule has 15 heavy (non-hydrogen) atoms. The Bertz CT molecular complexity index is 418. The predicted molar refractivity (Wildman–Crippen MR) is 53.0 cm³/mol. The van der Waals surface area contributed by atoms with Gasteiger partial charge in [-0.3, -0.25) is 0 Å². The zero-order chi connectivity index (χ0) is 11.3. The lowest BCUT2D eigenvalue weighted by Crippen LogP contribution is -2.05. The third-order valence-corrected chi connectivity index (χ3v) is 1.74. The lowest BCUT2D eigenvalue weighted by atomic mass is 10.2. The second-order valence-electron chi connectivity index (χ2n) is 2.81. The number of hydrogen-bond acceptors (Lipinski definition) is 2. The Labute approximate surface area is 86.5 Å². The van der Waals surface area contributed by atoms with Crippen molar-refractivity contribution in [2.75, 3.05) is 11.9 Å². The molecule has 0 saturated carbocycles. The summed E-state index contributed by atoms with van der Waals surface area (Å²) in [6.45, 7) is 0.288. The molecule has 0 bridgehead atoms. The summed E-state index contributed by atoms with van der Waals surface area (Å²) in [5.74, 6) is 0.763. The molecule has 1 rings (SSSR count). The van der Waals surface area contributed by atoms with E-state index in [0.29, 0.717) is 6.42 Å². The molecule has 0 aromatic heterocycles. The van der Waals surface area contributed by atoms with Crippen molar-refractivity contribution in [3.8, 4) is 18.4 Å². The molecule has 0 aliphatic rings. The lowest BCUT2D eigenvalue weighted by Gasteiger charge is -2.07. The molecule has 76 valence electrons. The molecule has 4 heteroatoms. The van der Waals surface area contributed by atoms with Crippen molar-refractivity contribution >= 4 is 5.69 Å². The van der Waals surface area contributed by atoms with Gasteiger partial charge in [0.25, 0.3) is 0 Å². The second-order valence-corrected chi connectivity index (χ2v) is 2.81. The summed E-state index contributed by atoms with van der Waals surface area (Å²) in [5.41, 5.74) is -0.295. The summed E-state index contributed by atoms with van der Waals surface area (Å²) in [7, 11) is 0. The molecule has 0 radical (unpaired) electrons. The Balaban J connectivity index is 2.90. The maximum atomic E-state index is 13.2. The van der Waals surface area contributed by atoms with Crippen LogP contribution in [0.3, 0.4) is 0 Å². The van der Waals surface area contributed by atoms with E-state index in [2.05, 4.69) is 11.2 Å². The SMILES string of the molecule is C#CCCNc1c(F)cc(C#N)cc1F. The number of hydrogen-bond donors (Lipinski definition) is 1. The summed E-state index contributed by atoms with van der Waals surface area (Å²) in [5, 5.41) is 11.0. The van der Waals surface area contributed by atoms with E-state index in [1.165, 1.54) is 0 Å². The molecule has 1 aromatic rings. The first kappa shape index (κ1) is 11.0. The topological polar surface area (TPSA) is 35.8 Å². The molecule has 0 fully saturated rings. The minimum Gasteiger partial charge on any atom is -0.379 e. The van der Waals surface area contributed by atoms with Crippen LogP contribution in [0.25, 0.3) is 0 Å². The predicted octanol–water partition coefficient (Wildman–Crippen LogP) is 2.27. The van der Waals surface area contributed by atoms with Crippen LogP contribution in [0.4, 0.5) is 14.5 Å². The van der Waals surface area contributed by atoms with E-state index in [9.17, 15) is 8.78 Å². The molecule has 0 spiro atoms. The van der Waals surface area contributed by atoms with Crippen LogP contribution in [0, 0.1) is 35.3 Å². The zero-order valence-electron chi connectivity index (χ0n) is 7.85. The van der Waals surface area contributed by atoms with E-state index in [4.69, 9.17) is 11.7 Å². The average Bonchev–Trinajstić information content (AvgIpc) is 2.22. The van der Waals surface area contributed by atoms with Crippen LogP contribution in [-0.4, -0.2) is 6.54 Å². The number of benzene rings is 1. The van der Waals surface area contributed by atoms with E-state index in [1.54, 1.807) is 6.07 Å². The minimum absolute atomic E-state index is 0.0486. The number of terminal acetylenes is 1. The maximum Gasteiger partial charge on any atom is 0.150 e. The van der Waals surface area contributed by atoms with Crippen molar-refractivity contribution in [3.63, 3.8) is 0 Å². The zero-order valence-corrected chi connectivity index (χ0v) is 7.85. The number of anilines is 1. The first-order valence-corrected chi connectivity index (χ1v) is 4.25. The van der Waals surface area contributed by atoms with Crippen molar-refractivity contribution in [3.05, 3.63) is 29.3 Å². The van der Waals surface area contributed by atoms with Crippen LogP contribution in [0.2, 0.25) is 0 Å². The molecule has 0 aliphatic carbocycles. The van der Waals surface area contributed by atoms with Crippen LogP contribution in [0.1, 0.15) is 12.0 Å². The molecular weight excluding hydrogens is 198 g/mol. The molecular formula is C11H8F2N2. The molecule has 0 amide bonds. The van der Waals surface area contributed by atoms with Crippen LogP contribution in [0.5, 0.6) is 0 Å². The Kier molecular flexibility index (Phi) is 3.65. The molecule has 2 nitrogen and oxygen atoms in total. The first-order chi connectivity index (χ1) is 7.19. The molecule has 0 heterocycles. The third-order valence-electron chi connectivity index (χ3n) is 1.74. The highest BCUT2D eigenvalue weighted by molar-refractivity contribution is 5.50. The average molecular weight is 206 g/mol. The fraction of sp³-hybridized carbons (Fsp3) is 0.182. The number of nitriles is 1. The van der Waals surface area contributed by atoms with E-state index in [1.807, 2.05) is 0 Å². The molecule has 1 N–H and O–H groups in total. The third kappa shape index (κ3) is 2.69. The normalized spacial score (nSPS) is 9.07. The standard InChI is InChI=1S/C11H8F2N2/c1-2-3-4-15-11-9(12)5-8(7-14)6-10(11)13/h1,5-6,15H,3-4H2. The Morgan fingerprint density at radius 3 is 2.40 bits per heavy atom. The Hall–Kier alpha value is -2.07. The van der Waals surface area contributed by atoms with E-state index in [-0.39, 0.29) is 17.8 Å². The van der Waals surface area contributed by atoms with Gasteiger partial charge in [-0.05, 0) is 12.1 Å². The highest BCUT2D eigenvalue weighted by Crippen LogP contribution is 2.20. The van der Waals surface area contributed by atoms with E-state index in [0.717, 1.165) is 12.1 Å². The van der Waals surface area contributed by atoms with Crippen LogP contribution in [0.15, 0.2) is 12.1 Å². The van der Waals surface area contributed by atoms with E-state index >= 15 is 0 Å². The number of halogens is 2. The maximum absolute atomic E-state index is 13.2. The molecule has 0 saturated heterocycles. The van der Waals surface area contributed by atoms with E-state index < -0.39 is 11.6 Å². The summed E-state index contributed by atoms with van der Waals surface area (Å²) in [6, 6.07) is 3.61. The summed E-state index contributed by atoms with van der Waals surface area (Å²) in [6.07, 6.45) is 5.37. The van der Waals surface area contributed by atoms with Gasteiger partial charge in [0, 0.05) is 13.0 Å². The van der Waals surface area contributed by atoms with Gasteiger partial charge in [0.2, 0.25) is 0 Å². The van der Waals surface area contributed by atoms with Gasteiger partial charge < -0.3 is 5.32 Å². The van der Waals surface area contributed by atoms with Crippen molar-refractivity contribution in [2.24, 2.45) is 0 Å². The van der Waals surface area contributed by atoms with Gasteiger partial charge in [-0.2, -0.15) is 5.26 Å². The molecule has 0 atom stereocenters. The van der Waals surface area contributed by atoms with Gasteiger partial charge in [-0.15, -0.1) is 12.3 Å². The van der Waals surface area contributed by atoms with Gasteiger partial charge in [0.1, 0.15) is 5.69 Å². The Morgan fingerprint density at radius 2 is 1.93 bits per heavy atom. The van der Waals surface area contributed by atoms with Gasteiger partial charge in [-0.25, -0.2) is 8.78 Å². The highest BCUT2D eigenvalue weighted by Gasteiger charge is 2.09. The van der Waals surface area contributed by atoms with Crippen molar-refractivity contribution in [2.45, 2.75) is 6.42 Å².